The van der Waals surface area contributed by atoms with E-state index in [4.69, 9.17) is 15.6 Å². The third-order valence-electron chi connectivity index (χ3n) is 2.68. The van der Waals surface area contributed by atoms with Crippen LogP contribution in [0.1, 0.15) is 5.56 Å². The lowest BCUT2D eigenvalue weighted by atomic mass is 10.1. The molecular weight excluding hydrogens is 236 g/mol. The van der Waals surface area contributed by atoms with E-state index in [2.05, 4.69) is 0 Å². The van der Waals surface area contributed by atoms with Crippen molar-refractivity contribution in [1.82, 2.24) is 0 Å². The van der Waals surface area contributed by atoms with Crippen LogP contribution in [0.15, 0.2) is 18.2 Å². The molecule has 1 aromatic carbocycles. The Bertz CT molecular complexity index is 487. The third kappa shape index (κ3) is 2.20. The van der Waals surface area contributed by atoms with Gasteiger partial charge in [0.15, 0.2) is 6.61 Å². The highest BCUT2D eigenvalue weighted by Gasteiger charge is 2.30. The molecule has 0 saturated carbocycles. The summed E-state index contributed by atoms with van der Waals surface area (Å²) in [5.41, 5.74) is 6.75. The van der Waals surface area contributed by atoms with Crippen LogP contribution in [-0.4, -0.2) is 36.7 Å². The predicted molar refractivity (Wildman–Crippen MR) is 64.3 cm³/mol. The standard InChI is InChI=1S/C12H14N2O4/c13-4-3-8-1-2-10-9(5-8)14(11(16)6-15)12(17)7-18-10/h1-2,5,15H,3-4,6-7,13H2. The van der Waals surface area contributed by atoms with Gasteiger partial charge < -0.3 is 15.6 Å². The first kappa shape index (κ1) is 12.5. The molecule has 0 radical (unpaired) electrons. The van der Waals surface area contributed by atoms with Crippen LogP contribution in [0.25, 0.3) is 0 Å². The van der Waals surface area contributed by atoms with Gasteiger partial charge in [0.2, 0.25) is 0 Å². The molecule has 1 aliphatic rings. The fourth-order valence-corrected chi connectivity index (χ4v) is 1.86. The number of aliphatic hydroxyl groups excluding tert-OH is 1. The molecule has 0 aliphatic carbocycles. The Morgan fingerprint density at radius 1 is 1.50 bits per heavy atom. The monoisotopic (exact) mass is 250 g/mol. The maximum Gasteiger partial charge on any atom is 0.271 e. The third-order valence-corrected chi connectivity index (χ3v) is 2.68. The lowest BCUT2D eigenvalue weighted by Gasteiger charge is -2.27. The van der Waals surface area contributed by atoms with E-state index in [-0.39, 0.29) is 6.61 Å². The molecule has 96 valence electrons. The zero-order chi connectivity index (χ0) is 13.1. The van der Waals surface area contributed by atoms with Crippen LogP contribution in [0.3, 0.4) is 0 Å². The van der Waals surface area contributed by atoms with E-state index in [9.17, 15) is 9.59 Å². The van der Waals surface area contributed by atoms with E-state index >= 15 is 0 Å². The van der Waals surface area contributed by atoms with Crippen molar-refractivity contribution in [2.24, 2.45) is 5.73 Å². The van der Waals surface area contributed by atoms with E-state index in [1.165, 1.54) is 0 Å². The van der Waals surface area contributed by atoms with Gasteiger partial charge in [0.1, 0.15) is 12.4 Å². The summed E-state index contributed by atoms with van der Waals surface area (Å²) in [5.74, 6) is -0.682. The molecule has 0 bridgehead atoms. The second kappa shape index (κ2) is 5.16. The zero-order valence-electron chi connectivity index (χ0n) is 9.76. The maximum absolute atomic E-state index is 11.7. The minimum absolute atomic E-state index is 0.199. The van der Waals surface area contributed by atoms with Crippen molar-refractivity contribution in [3.05, 3.63) is 23.8 Å². The highest BCUT2D eigenvalue weighted by Crippen LogP contribution is 2.33. The van der Waals surface area contributed by atoms with Gasteiger partial charge >= 0.3 is 0 Å². The molecule has 6 nitrogen and oxygen atoms in total. The van der Waals surface area contributed by atoms with Gasteiger partial charge in [0, 0.05) is 0 Å². The summed E-state index contributed by atoms with van der Waals surface area (Å²) in [7, 11) is 0. The van der Waals surface area contributed by atoms with Crippen molar-refractivity contribution < 1.29 is 19.4 Å². The SMILES string of the molecule is NCCc1ccc2c(c1)N(C(=O)CO)C(=O)CO2. The molecule has 0 unspecified atom stereocenters. The number of ether oxygens (including phenoxy) is 1. The number of nitrogens with two attached hydrogens (primary N) is 1. The lowest BCUT2D eigenvalue weighted by molar-refractivity contribution is -0.129. The molecule has 1 heterocycles. The molecular formula is C12H14N2O4. The van der Waals surface area contributed by atoms with Crippen molar-refractivity contribution >= 4 is 17.5 Å². The minimum Gasteiger partial charge on any atom is -0.482 e. The summed E-state index contributed by atoms with van der Waals surface area (Å²) in [5, 5.41) is 8.90. The van der Waals surface area contributed by atoms with Crippen LogP contribution < -0.4 is 15.4 Å². The van der Waals surface area contributed by atoms with Crippen LogP contribution in [0, 0.1) is 0 Å². The summed E-state index contributed by atoms with van der Waals surface area (Å²) in [4.78, 5) is 24.2. The Labute approximate surface area is 104 Å². The van der Waals surface area contributed by atoms with Gasteiger partial charge in [-0.05, 0) is 30.7 Å². The summed E-state index contributed by atoms with van der Waals surface area (Å²) >= 11 is 0. The molecule has 0 fully saturated rings. The van der Waals surface area contributed by atoms with Crippen molar-refractivity contribution in [2.75, 3.05) is 24.7 Å². The average Bonchev–Trinajstić information content (AvgIpc) is 2.38. The van der Waals surface area contributed by atoms with Crippen LogP contribution in [-0.2, 0) is 16.0 Å². The van der Waals surface area contributed by atoms with Gasteiger partial charge in [0.25, 0.3) is 11.8 Å². The van der Waals surface area contributed by atoms with Crippen LogP contribution in [0.4, 0.5) is 5.69 Å². The highest BCUT2D eigenvalue weighted by atomic mass is 16.5. The summed E-state index contributed by atoms with van der Waals surface area (Å²) in [6.07, 6.45) is 0.641. The number of nitrogens with zero attached hydrogens (tertiary/aromatic N) is 1. The summed E-state index contributed by atoms with van der Waals surface area (Å²) in [6, 6.07) is 5.22. The van der Waals surface area contributed by atoms with Crippen LogP contribution in [0.5, 0.6) is 5.75 Å². The van der Waals surface area contributed by atoms with Crippen molar-refractivity contribution in [3.8, 4) is 5.75 Å². The first-order valence-corrected chi connectivity index (χ1v) is 5.60. The van der Waals surface area contributed by atoms with Crippen LogP contribution in [0.2, 0.25) is 0 Å². The topological polar surface area (TPSA) is 92.9 Å². The molecule has 3 N–H and O–H groups in total. The maximum atomic E-state index is 11.7. The van der Waals surface area contributed by atoms with E-state index in [1.54, 1.807) is 12.1 Å². The second-order valence-electron chi connectivity index (χ2n) is 3.91. The molecule has 6 heteroatoms. The number of fused-ring (bicyclic) bond motifs is 1. The molecule has 1 aromatic rings. The van der Waals surface area contributed by atoms with Gasteiger partial charge in [-0.1, -0.05) is 6.07 Å². The number of hydrogen-bond donors (Lipinski definition) is 2. The normalized spacial score (nSPS) is 14.1. The molecule has 0 aromatic heterocycles. The van der Waals surface area contributed by atoms with Crippen molar-refractivity contribution in [2.45, 2.75) is 6.42 Å². The number of imide groups is 1. The lowest BCUT2D eigenvalue weighted by Crippen LogP contribution is -2.44. The van der Waals surface area contributed by atoms with Crippen LogP contribution >= 0.6 is 0 Å². The van der Waals surface area contributed by atoms with Gasteiger partial charge in [-0.3, -0.25) is 9.59 Å². The minimum atomic E-state index is -0.716. The summed E-state index contributed by atoms with van der Waals surface area (Å²) in [6.45, 7) is -0.442. The Hall–Kier alpha value is -1.92. The largest absolute Gasteiger partial charge is 0.482 e. The zero-order valence-corrected chi connectivity index (χ0v) is 9.76. The number of carbonyl (C=O) groups is 2. The molecule has 0 saturated heterocycles. The fraction of sp³-hybridized carbons (Fsp3) is 0.333. The molecule has 18 heavy (non-hydrogen) atoms. The second-order valence-corrected chi connectivity index (χ2v) is 3.91. The quantitative estimate of drug-likeness (QED) is 0.749. The Morgan fingerprint density at radius 3 is 2.94 bits per heavy atom. The Balaban J connectivity index is 2.43. The molecule has 0 atom stereocenters. The smallest absolute Gasteiger partial charge is 0.271 e. The summed E-state index contributed by atoms with van der Waals surface area (Å²) < 4.78 is 5.24. The number of carbonyl (C=O) groups excluding carboxylic acids is 2. The van der Waals surface area contributed by atoms with Gasteiger partial charge in [-0.15, -0.1) is 0 Å². The number of anilines is 1. The van der Waals surface area contributed by atoms with Crippen molar-refractivity contribution in [3.63, 3.8) is 0 Å². The molecule has 1 aliphatic heterocycles. The van der Waals surface area contributed by atoms with Gasteiger partial charge in [0.05, 0.1) is 5.69 Å². The number of rotatable bonds is 3. The van der Waals surface area contributed by atoms with Crippen molar-refractivity contribution in [1.29, 1.82) is 0 Å². The van der Waals surface area contributed by atoms with Gasteiger partial charge in [-0.2, -0.15) is 0 Å². The number of hydrogen-bond acceptors (Lipinski definition) is 5. The average molecular weight is 250 g/mol. The fourth-order valence-electron chi connectivity index (χ4n) is 1.86. The molecule has 2 amide bonds. The number of benzene rings is 1. The van der Waals surface area contributed by atoms with Gasteiger partial charge in [-0.25, -0.2) is 4.90 Å². The Kier molecular flexibility index (Phi) is 3.59. The van der Waals surface area contributed by atoms with E-state index < -0.39 is 18.4 Å². The van der Waals surface area contributed by atoms with E-state index in [1.807, 2.05) is 6.07 Å². The van der Waals surface area contributed by atoms with E-state index in [0.717, 1.165) is 10.5 Å². The predicted octanol–water partition coefficient (Wildman–Crippen LogP) is -0.568. The first-order valence-electron chi connectivity index (χ1n) is 5.60. The Morgan fingerprint density at radius 2 is 2.28 bits per heavy atom. The molecule has 0 spiro atoms. The first-order chi connectivity index (χ1) is 8.67. The number of aliphatic hydroxyl groups is 1. The molecule has 2 rings (SSSR count). The van der Waals surface area contributed by atoms with E-state index in [0.29, 0.717) is 24.4 Å². The highest BCUT2D eigenvalue weighted by molar-refractivity contribution is 6.17. The number of amides is 2.